The maximum absolute atomic E-state index is 12.8. The first-order valence-corrected chi connectivity index (χ1v) is 6.54. The van der Waals surface area contributed by atoms with Crippen molar-refractivity contribution in [1.29, 1.82) is 0 Å². The number of carboxylic acids is 1. The number of aryl methyl sites for hydroxylation is 1. The van der Waals surface area contributed by atoms with E-state index in [1.165, 1.54) is 12.1 Å². The van der Waals surface area contributed by atoms with Gasteiger partial charge in [-0.2, -0.15) is 0 Å². The molecule has 2 aromatic heterocycles. The number of nitrogens with zero attached hydrogens (tertiary/aromatic N) is 1. The number of aromatic carboxylic acids is 1. The van der Waals surface area contributed by atoms with Crippen LogP contribution in [-0.2, 0) is 6.61 Å². The summed E-state index contributed by atoms with van der Waals surface area (Å²) in [5.41, 5.74) is 1.19. The summed E-state index contributed by atoms with van der Waals surface area (Å²) in [4.78, 5) is 15.2. The number of hydrogen-bond acceptors (Lipinski definition) is 4. The minimum Gasteiger partial charge on any atom is -0.487 e. The fraction of sp³-hybridized carbons (Fsp3) is 0.125. The van der Waals surface area contributed by atoms with Gasteiger partial charge in [0.1, 0.15) is 35.1 Å². The van der Waals surface area contributed by atoms with Gasteiger partial charge < -0.3 is 14.3 Å². The van der Waals surface area contributed by atoms with Gasteiger partial charge in [-0.3, -0.25) is 4.98 Å². The first kappa shape index (κ1) is 14.1. The summed E-state index contributed by atoms with van der Waals surface area (Å²) in [6.07, 6.45) is 1.11. The molecular weight excluding hydrogens is 289 g/mol. The number of hydrogen-bond donors (Lipinski definition) is 1. The summed E-state index contributed by atoms with van der Waals surface area (Å²) in [5.74, 6) is -0.625. The van der Waals surface area contributed by atoms with E-state index in [-0.39, 0.29) is 12.2 Å². The maximum Gasteiger partial charge on any atom is 0.339 e. The number of pyridine rings is 1. The molecule has 0 aliphatic heterocycles. The Morgan fingerprint density at radius 2 is 2.18 bits per heavy atom. The van der Waals surface area contributed by atoms with E-state index < -0.39 is 11.8 Å². The lowest BCUT2D eigenvalue weighted by molar-refractivity contribution is 0.0697. The molecular formula is C16H12FNO4. The fourth-order valence-corrected chi connectivity index (χ4v) is 2.20. The zero-order valence-electron chi connectivity index (χ0n) is 11.7. The predicted octanol–water partition coefficient (Wildman–Crippen LogP) is 3.55. The zero-order valence-corrected chi connectivity index (χ0v) is 11.7. The average molecular weight is 301 g/mol. The number of carbonyl (C=O) groups is 1. The molecule has 0 aliphatic rings. The monoisotopic (exact) mass is 301 g/mol. The molecule has 0 unspecified atom stereocenters. The number of fused-ring (bicyclic) bond motifs is 1. The predicted molar refractivity (Wildman–Crippen MR) is 76.4 cm³/mol. The zero-order chi connectivity index (χ0) is 15.7. The molecule has 0 aliphatic carbocycles. The van der Waals surface area contributed by atoms with Crippen molar-refractivity contribution < 1.29 is 23.4 Å². The van der Waals surface area contributed by atoms with E-state index >= 15 is 0 Å². The SMILES string of the molecule is Cc1oc2ccc(OCc3ccc(F)cn3)cc2c1C(=O)O. The number of carboxylic acid groups (broad SMARTS) is 1. The van der Waals surface area contributed by atoms with Gasteiger partial charge in [0.2, 0.25) is 0 Å². The van der Waals surface area contributed by atoms with E-state index in [1.54, 1.807) is 25.1 Å². The van der Waals surface area contributed by atoms with Crippen LogP contribution in [0.5, 0.6) is 5.75 Å². The molecule has 0 amide bonds. The van der Waals surface area contributed by atoms with E-state index in [0.717, 1.165) is 6.20 Å². The van der Waals surface area contributed by atoms with Crippen molar-refractivity contribution in [2.75, 3.05) is 0 Å². The van der Waals surface area contributed by atoms with Crippen molar-refractivity contribution >= 4 is 16.9 Å². The van der Waals surface area contributed by atoms with E-state index in [1.807, 2.05) is 0 Å². The smallest absolute Gasteiger partial charge is 0.339 e. The Morgan fingerprint density at radius 3 is 2.86 bits per heavy atom. The number of halogens is 1. The topological polar surface area (TPSA) is 72.6 Å². The average Bonchev–Trinajstić information content (AvgIpc) is 2.82. The highest BCUT2D eigenvalue weighted by Gasteiger charge is 2.17. The molecule has 3 aromatic rings. The lowest BCUT2D eigenvalue weighted by Crippen LogP contribution is -1.99. The summed E-state index contributed by atoms with van der Waals surface area (Å²) in [7, 11) is 0. The first-order valence-electron chi connectivity index (χ1n) is 6.54. The molecule has 5 nitrogen and oxygen atoms in total. The highest BCUT2D eigenvalue weighted by molar-refractivity contribution is 6.03. The van der Waals surface area contributed by atoms with Gasteiger partial charge in [0.25, 0.3) is 0 Å². The second-order valence-corrected chi connectivity index (χ2v) is 4.75. The molecule has 6 heteroatoms. The quantitative estimate of drug-likeness (QED) is 0.797. The largest absolute Gasteiger partial charge is 0.487 e. The van der Waals surface area contributed by atoms with Gasteiger partial charge in [-0.1, -0.05) is 0 Å². The van der Waals surface area contributed by atoms with Gasteiger partial charge in [-0.25, -0.2) is 9.18 Å². The minimum absolute atomic E-state index is 0.125. The Kier molecular flexibility index (Phi) is 3.50. The van der Waals surface area contributed by atoms with Crippen molar-refractivity contribution in [2.24, 2.45) is 0 Å². The Morgan fingerprint density at radius 1 is 1.36 bits per heavy atom. The van der Waals surface area contributed by atoms with Crippen molar-refractivity contribution in [3.8, 4) is 5.75 Å². The molecule has 0 saturated heterocycles. The van der Waals surface area contributed by atoms with Crippen molar-refractivity contribution in [3.05, 3.63) is 59.4 Å². The molecule has 0 atom stereocenters. The fourth-order valence-electron chi connectivity index (χ4n) is 2.20. The van der Waals surface area contributed by atoms with Crippen molar-refractivity contribution in [3.63, 3.8) is 0 Å². The third-order valence-electron chi connectivity index (χ3n) is 3.22. The third-order valence-corrected chi connectivity index (χ3v) is 3.22. The summed E-state index contributed by atoms with van der Waals surface area (Å²) in [6, 6.07) is 7.77. The van der Waals surface area contributed by atoms with E-state index in [4.69, 9.17) is 9.15 Å². The normalized spacial score (nSPS) is 10.8. The summed E-state index contributed by atoms with van der Waals surface area (Å²) >= 11 is 0. The molecule has 1 N–H and O–H groups in total. The summed E-state index contributed by atoms with van der Waals surface area (Å²) in [6.45, 7) is 1.76. The molecule has 1 aromatic carbocycles. The maximum atomic E-state index is 12.8. The van der Waals surface area contributed by atoms with Crippen LogP contribution >= 0.6 is 0 Å². The van der Waals surface area contributed by atoms with Gasteiger partial charge >= 0.3 is 5.97 Å². The first-order chi connectivity index (χ1) is 10.5. The second kappa shape index (κ2) is 5.48. The van der Waals surface area contributed by atoms with Crippen LogP contribution in [0.4, 0.5) is 4.39 Å². The Hall–Kier alpha value is -2.89. The van der Waals surface area contributed by atoms with Crippen LogP contribution in [0.2, 0.25) is 0 Å². The van der Waals surface area contributed by atoms with E-state index in [2.05, 4.69) is 4.98 Å². The van der Waals surface area contributed by atoms with Gasteiger partial charge in [0.15, 0.2) is 0 Å². The molecule has 0 saturated carbocycles. The number of ether oxygens (including phenoxy) is 1. The molecule has 0 bridgehead atoms. The third kappa shape index (κ3) is 2.63. The molecule has 0 fully saturated rings. The van der Waals surface area contributed by atoms with Crippen molar-refractivity contribution in [2.45, 2.75) is 13.5 Å². The molecule has 112 valence electrons. The van der Waals surface area contributed by atoms with Gasteiger partial charge in [-0.05, 0) is 37.3 Å². The lowest BCUT2D eigenvalue weighted by atomic mass is 10.1. The molecule has 3 rings (SSSR count). The number of furan rings is 1. The van der Waals surface area contributed by atoms with Crippen LogP contribution in [0, 0.1) is 12.7 Å². The van der Waals surface area contributed by atoms with Gasteiger partial charge in [-0.15, -0.1) is 0 Å². The van der Waals surface area contributed by atoms with Gasteiger partial charge in [0.05, 0.1) is 11.9 Å². The van der Waals surface area contributed by atoms with Crippen molar-refractivity contribution in [1.82, 2.24) is 4.98 Å². The summed E-state index contributed by atoms with van der Waals surface area (Å²) < 4.78 is 23.7. The molecule has 2 heterocycles. The van der Waals surface area contributed by atoms with Crippen LogP contribution in [0.1, 0.15) is 21.8 Å². The lowest BCUT2D eigenvalue weighted by Gasteiger charge is -2.05. The van der Waals surface area contributed by atoms with E-state index in [0.29, 0.717) is 28.2 Å². The number of rotatable bonds is 4. The standard InChI is InChI=1S/C16H12FNO4/c1-9-15(16(19)20)13-6-12(4-5-14(13)22-9)21-8-11-3-2-10(17)7-18-11/h2-7H,8H2,1H3,(H,19,20). The van der Waals surface area contributed by atoms with Crippen LogP contribution in [-0.4, -0.2) is 16.1 Å². The highest BCUT2D eigenvalue weighted by Crippen LogP contribution is 2.29. The summed E-state index contributed by atoms with van der Waals surface area (Å²) in [5, 5.41) is 9.71. The number of benzene rings is 1. The van der Waals surface area contributed by atoms with Crippen LogP contribution in [0.3, 0.4) is 0 Å². The molecule has 0 radical (unpaired) electrons. The van der Waals surface area contributed by atoms with Crippen LogP contribution in [0.25, 0.3) is 11.0 Å². The van der Waals surface area contributed by atoms with Gasteiger partial charge in [0, 0.05) is 5.39 Å². The second-order valence-electron chi connectivity index (χ2n) is 4.75. The Labute approximate surface area is 125 Å². The van der Waals surface area contributed by atoms with E-state index in [9.17, 15) is 14.3 Å². The van der Waals surface area contributed by atoms with Crippen LogP contribution in [0.15, 0.2) is 40.9 Å². The molecule has 22 heavy (non-hydrogen) atoms. The Balaban J connectivity index is 1.86. The van der Waals surface area contributed by atoms with Crippen LogP contribution < -0.4 is 4.74 Å². The Bertz CT molecular complexity index is 839. The highest BCUT2D eigenvalue weighted by atomic mass is 19.1. The minimum atomic E-state index is -1.05. The number of aromatic nitrogens is 1. The molecule has 0 spiro atoms.